The normalized spacial score (nSPS) is 21.2. The molecule has 4 heteroatoms. The number of hydrogen-bond acceptors (Lipinski definition) is 3. The lowest BCUT2D eigenvalue weighted by Gasteiger charge is -2.30. The number of benzene rings is 1. The molecule has 102 valence electrons. The fourth-order valence-electron chi connectivity index (χ4n) is 3.39. The number of imide groups is 1. The minimum absolute atomic E-state index is 0.0720. The molecule has 1 aliphatic heterocycles. The molecule has 1 saturated heterocycles. The van der Waals surface area contributed by atoms with E-state index in [0.717, 1.165) is 32.1 Å². The predicted molar refractivity (Wildman–Crippen MR) is 73.8 cm³/mol. The van der Waals surface area contributed by atoms with Crippen molar-refractivity contribution in [2.24, 2.45) is 5.41 Å². The van der Waals surface area contributed by atoms with Crippen molar-refractivity contribution in [1.29, 1.82) is 5.26 Å². The van der Waals surface area contributed by atoms with Crippen LogP contribution in [-0.4, -0.2) is 11.8 Å². The van der Waals surface area contributed by atoms with E-state index in [-0.39, 0.29) is 11.8 Å². The molecule has 1 aromatic rings. The predicted octanol–water partition coefficient (Wildman–Crippen LogP) is 2.77. The van der Waals surface area contributed by atoms with E-state index >= 15 is 0 Å². The zero-order valence-corrected chi connectivity index (χ0v) is 11.3. The van der Waals surface area contributed by atoms with Gasteiger partial charge in [-0.1, -0.05) is 25.3 Å². The van der Waals surface area contributed by atoms with Gasteiger partial charge in [-0.25, -0.2) is 0 Å². The standard InChI is InChI=1S/C16H16N2O2/c17-11-12-5-4-6-13(9-12)18-14(19)10-16(15(18)20)7-2-1-3-8-16/h4-6,9H,1-3,7-8,10H2. The van der Waals surface area contributed by atoms with E-state index in [0.29, 0.717) is 17.7 Å². The third-order valence-corrected chi connectivity index (χ3v) is 4.44. The van der Waals surface area contributed by atoms with Crippen molar-refractivity contribution in [3.05, 3.63) is 29.8 Å². The number of anilines is 1. The van der Waals surface area contributed by atoms with Crippen LogP contribution in [0, 0.1) is 16.7 Å². The van der Waals surface area contributed by atoms with Gasteiger partial charge in [0.15, 0.2) is 0 Å². The van der Waals surface area contributed by atoms with Crippen LogP contribution in [0.25, 0.3) is 0 Å². The third-order valence-electron chi connectivity index (χ3n) is 4.44. The van der Waals surface area contributed by atoms with Gasteiger partial charge in [-0.05, 0) is 31.0 Å². The van der Waals surface area contributed by atoms with E-state index in [1.807, 2.05) is 6.07 Å². The molecule has 2 aliphatic rings. The van der Waals surface area contributed by atoms with Gasteiger partial charge in [0.1, 0.15) is 0 Å². The molecule has 1 saturated carbocycles. The molecule has 1 spiro atoms. The lowest BCUT2D eigenvalue weighted by molar-refractivity contribution is -0.127. The summed E-state index contributed by atoms with van der Waals surface area (Å²) >= 11 is 0. The Morgan fingerprint density at radius 2 is 1.90 bits per heavy atom. The summed E-state index contributed by atoms with van der Waals surface area (Å²) in [4.78, 5) is 26.3. The van der Waals surface area contributed by atoms with Gasteiger partial charge in [0.05, 0.1) is 22.7 Å². The van der Waals surface area contributed by atoms with Crippen molar-refractivity contribution in [3.8, 4) is 6.07 Å². The summed E-state index contributed by atoms with van der Waals surface area (Å²) in [7, 11) is 0. The van der Waals surface area contributed by atoms with Crippen molar-refractivity contribution in [2.75, 3.05) is 4.90 Å². The molecular weight excluding hydrogens is 252 g/mol. The summed E-state index contributed by atoms with van der Waals surface area (Å²) in [6.07, 6.45) is 5.13. The van der Waals surface area contributed by atoms with E-state index in [1.54, 1.807) is 24.3 Å². The summed E-state index contributed by atoms with van der Waals surface area (Å²) in [5, 5.41) is 8.94. The minimum atomic E-state index is -0.474. The zero-order valence-electron chi connectivity index (χ0n) is 11.3. The maximum atomic E-state index is 12.7. The highest BCUT2D eigenvalue weighted by Gasteiger charge is 2.51. The molecular formula is C16H16N2O2. The summed E-state index contributed by atoms with van der Waals surface area (Å²) < 4.78 is 0. The molecule has 1 aliphatic carbocycles. The summed E-state index contributed by atoms with van der Waals surface area (Å²) in [6, 6.07) is 8.75. The van der Waals surface area contributed by atoms with Gasteiger partial charge in [0.2, 0.25) is 11.8 Å². The average Bonchev–Trinajstić information content (AvgIpc) is 2.71. The Balaban J connectivity index is 1.96. The highest BCUT2D eigenvalue weighted by molar-refractivity contribution is 6.22. The number of carbonyl (C=O) groups excluding carboxylic acids is 2. The molecule has 0 aromatic heterocycles. The number of carbonyl (C=O) groups is 2. The Kier molecular flexibility index (Phi) is 3.06. The lowest BCUT2D eigenvalue weighted by atomic mass is 9.73. The van der Waals surface area contributed by atoms with Gasteiger partial charge in [-0.15, -0.1) is 0 Å². The first-order valence-electron chi connectivity index (χ1n) is 7.04. The van der Waals surface area contributed by atoms with E-state index < -0.39 is 5.41 Å². The molecule has 0 N–H and O–H groups in total. The highest BCUT2D eigenvalue weighted by Crippen LogP contribution is 2.46. The molecule has 0 radical (unpaired) electrons. The molecule has 2 amide bonds. The fourth-order valence-corrected chi connectivity index (χ4v) is 3.39. The van der Waals surface area contributed by atoms with Crippen LogP contribution >= 0.6 is 0 Å². The quantitative estimate of drug-likeness (QED) is 0.736. The smallest absolute Gasteiger partial charge is 0.240 e. The van der Waals surface area contributed by atoms with E-state index in [9.17, 15) is 9.59 Å². The summed E-state index contributed by atoms with van der Waals surface area (Å²) in [6.45, 7) is 0. The second kappa shape index (κ2) is 4.75. The van der Waals surface area contributed by atoms with E-state index in [4.69, 9.17) is 5.26 Å². The van der Waals surface area contributed by atoms with E-state index in [2.05, 4.69) is 0 Å². The lowest BCUT2D eigenvalue weighted by Crippen LogP contribution is -2.36. The first kappa shape index (κ1) is 12.9. The number of nitrogens with zero attached hydrogens (tertiary/aromatic N) is 2. The van der Waals surface area contributed by atoms with Gasteiger partial charge < -0.3 is 0 Å². The van der Waals surface area contributed by atoms with Crippen LogP contribution in [0.15, 0.2) is 24.3 Å². The van der Waals surface area contributed by atoms with Crippen molar-refractivity contribution in [3.63, 3.8) is 0 Å². The second-order valence-electron chi connectivity index (χ2n) is 5.71. The maximum absolute atomic E-state index is 12.7. The SMILES string of the molecule is N#Cc1cccc(N2C(=O)CC3(CCCCC3)C2=O)c1. The summed E-state index contributed by atoms with van der Waals surface area (Å²) in [5.41, 5.74) is 0.520. The number of nitriles is 1. The van der Waals surface area contributed by atoms with Crippen molar-refractivity contribution >= 4 is 17.5 Å². The van der Waals surface area contributed by atoms with Crippen LogP contribution in [0.2, 0.25) is 0 Å². The molecule has 1 aromatic carbocycles. The average molecular weight is 268 g/mol. The second-order valence-corrected chi connectivity index (χ2v) is 5.71. The van der Waals surface area contributed by atoms with Crippen LogP contribution in [0.4, 0.5) is 5.69 Å². The molecule has 1 heterocycles. The van der Waals surface area contributed by atoms with Crippen molar-refractivity contribution < 1.29 is 9.59 Å². The first-order chi connectivity index (χ1) is 9.66. The number of hydrogen-bond donors (Lipinski definition) is 0. The molecule has 4 nitrogen and oxygen atoms in total. The minimum Gasteiger partial charge on any atom is -0.274 e. The molecule has 20 heavy (non-hydrogen) atoms. The van der Waals surface area contributed by atoms with Gasteiger partial charge in [-0.2, -0.15) is 5.26 Å². The molecule has 0 unspecified atom stereocenters. The van der Waals surface area contributed by atoms with Gasteiger partial charge in [0, 0.05) is 6.42 Å². The van der Waals surface area contributed by atoms with Gasteiger partial charge in [0.25, 0.3) is 0 Å². The Labute approximate surface area is 118 Å². The van der Waals surface area contributed by atoms with Crippen LogP contribution in [-0.2, 0) is 9.59 Å². The van der Waals surface area contributed by atoms with E-state index in [1.165, 1.54) is 4.90 Å². The zero-order chi connectivity index (χ0) is 14.2. The number of amides is 2. The van der Waals surface area contributed by atoms with Crippen molar-refractivity contribution in [1.82, 2.24) is 0 Å². The third kappa shape index (κ3) is 1.90. The van der Waals surface area contributed by atoms with Crippen LogP contribution in [0.3, 0.4) is 0 Å². The molecule has 3 rings (SSSR count). The largest absolute Gasteiger partial charge is 0.274 e. The topological polar surface area (TPSA) is 61.2 Å². The number of rotatable bonds is 1. The van der Waals surface area contributed by atoms with Crippen molar-refractivity contribution in [2.45, 2.75) is 38.5 Å². The Morgan fingerprint density at radius 1 is 1.15 bits per heavy atom. The maximum Gasteiger partial charge on any atom is 0.240 e. The monoisotopic (exact) mass is 268 g/mol. The Morgan fingerprint density at radius 3 is 2.60 bits per heavy atom. The van der Waals surface area contributed by atoms with Gasteiger partial charge >= 0.3 is 0 Å². The first-order valence-corrected chi connectivity index (χ1v) is 7.04. The highest BCUT2D eigenvalue weighted by atomic mass is 16.2. The molecule has 0 bridgehead atoms. The summed E-state index contributed by atoms with van der Waals surface area (Å²) in [5.74, 6) is -0.204. The van der Waals surface area contributed by atoms with Crippen LogP contribution in [0.5, 0.6) is 0 Å². The Bertz CT molecular complexity index is 609. The molecule has 0 atom stereocenters. The van der Waals surface area contributed by atoms with Crippen LogP contribution in [0.1, 0.15) is 44.1 Å². The Hall–Kier alpha value is -2.15. The van der Waals surface area contributed by atoms with Crippen LogP contribution < -0.4 is 4.90 Å². The fraction of sp³-hybridized carbons (Fsp3) is 0.438. The molecule has 2 fully saturated rings. The van der Waals surface area contributed by atoms with Gasteiger partial charge in [-0.3, -0.25) is 14.5 Å².